The van der Waals surface area contributed by atoms with Crippen LogP contribution in [0, 0.1) is 0 Å². The highest BCUT2D eigenvalue weighted by Crippen LogP contribution is 2.29. The number of ether oxygens (including phenoxy) is 2. The molecule has 2 rings (SSSR count). The van der Waals surface area contributed by atoms with Gasteiger partial charge in [0.05, 0.1) is 6.26 Å². The third kappa shape index (κ3) is 0.165. The summed E-state index contributed by atoms with van der Waals surface area (Å²) in [5, 5.41) is 0. The molecule has 0 unspecified atom stereocenters. The Bertz CT molecular complexity index is 97.7. The molecule has 0 N–H and O–H groups in total. The molecule has 0 aromatic heterocycles. The van der Waals surface area contributed by atoms with Crippen molar-refractivity contribution in [1.29, 1.82) is 0 Å². The Hall–Kier alpha value is -0.500. The zero-order valence-electron chi connectivity index (χ0n) is 3.13. The van der Waals surface area contributed by atoms with Crippen LogP contribution in [0.4, 0.5) is 0 Å². The van der Waals surface area contributed by atoms with Crippen molar-refractivity contribution in [2.75, 3.05) is 0 Å². The first-order valence-corrected chi connectivity index (χ1v) is 1.94. The molecule has 0 aromatic rings. The van der Waals surface area contributed by atoms with E-state index in [9.17, 15) is 0 Å². The topological polar surface area (TPSA) is 21.8 Å². The highest BCUT2D eigenvalue weighted by atomic mass is 16.8. The van der Waals surface area contributed by atoms with Crippen LogP contribution >= 0.6 is 0 Å². The molecule has 32 valence electrons. The van der Waals surface area contributed by atoms with Gasteiger partial charge in [0.25, 0.3) is 0 Å². The minimum Gasteiger partial charge on any atom is -0.470 e. The molecule has 2 heterocycles. The predicted molar refractivity (Wildman–Crippen MR) is 18.9 cm³/mol. The van der Waals surface area contributed by atoms with Crippen LogP contribution in [0.15, 0.2) is 12.3 Å². The smallest absolute Gasteiger partial charge is 0.230 e. The van der Waals surface area contributed by atoms with Crippen LogP contribution in [-0.2, 0) is 9.47 Å². The summed E-state index contributed by atoms with van der Waals surface area (Å²) in [4.78, 5) is 0. The van der Waals surface area contributed by atoms with Crippen molar-refractivity contribution in [3.8, 4) is 0 Å². The van der Waals surface area contributed by atoms with Gasteiger partial charge < -0.3 is 9.47 Å². The zero-order chi connectivity index (χ0) is 3.98. The van der Waals surface area contributed by atoms with E-state index in [0.717, 1.165) is 0 Å². The number of hydrogen-bond acceptors (Lipinski definition) is 2. The maximum atomic E-state index is 4.84. The molecule has 1 fully saturated rings. The highest BCUT2D eigenvalue weighted by Gasteiger charge is 2.41. The lowest BCUT2D eigenvalue weighted by molar-refractivity contribution is 0.128. The summed E-state index contributed by atoms with van der Waals surface area (Å²) in [5.41, 5.74) is 0. The Kier molecular flexibility index (Phi) is 0.268. The number of rotatable bonds is 0. The molecule has 0 radical (unpaired) electrons. The van der Waals surface area contributed by atoms with Gasteiger partial charge in [0, 0.05) is 0 Å². The Balaban J connectivity index is 2.26. The molecule has 0 spiro atoms. The van der Waals surface area contributed by atoms with Crippen molar-refractivity contribution in [2.24, 2.45) is 0 Å². The van der Waals surface area contributed by atoms with Crippen molar-refractivity contribution < 1.29 is 9.47 Å². The lowest BCUT2D eigenvalue weighted by atomic mass is 10.5. The number of fused-ring (bicyclic) bond motifs is 1. The Morgan fingerprint density at radius 3 is 2.67 bits per heavy atom. The van der Waals surface area contributed by atoms with Gasteiger partial charge in [0.1, 0.15) is 6.10 Å². The fourth-order valence-corrected chi connectivity index (χ4v) is 0.555. The van der Waals surface area contributed by atoms with Crippen LogP contribution in [-0.4, -0.2) is 12.4 Å². The third-order valence-electron chi connectivity index (χ3n) is 0.964. The van der Waals surface area contributed by atoms with E-state index >= 15 is 0 Å². The van der Waals surface area contributed by atoms with Crippen LogP contribution in [0.3, 0.4) is 0 Å². The number of hydrogen-bond donors (Lipinski definition) is 0. The van der Waals surface area contributed by atoms with Crippen LogP contribution in [0.1, 0.15) is 0 Å². The monoisotopic (exact) mass is 84.0 g/mol. The van der Waals surface area contributed by atoms with Crippen molar-refractivity contribution in [3.05, 3.63) is 12.3 Å². The lowest BCUT2D eigenvalue weighted by Crippen LogP contribution is -1.80. The second-order valence-electron chi connectivity index (χ2n) is 1.43. The molecule has 2 atom stereocenters. The van der Waals surface area contributed by atoms with E-state index in [4.69, 9.17) is 9.47 Å². The number of epoxide rings is 1. The minimum absolute atomic E-state index is 0.102. The maximum absolute atomic E-state index is 4.84. The largest absolute Gasteiger partial charge is 0.470 e. The summed E-state index contributed by atoms with van der Waals surface area (Å²) in [7, 11) is 0. The van der Waals surface area contributed by atoms with E-state index in [1.807, 2.05) is 6.08 Å². The summed E-state index contributed by atoms with van der Waals surface area (Å²) in [6.45, 7) is 0. The van der Waals surface area contributed by atoms with Gasteiger partial charge in [-0.25, -0.2) is 0 Å². The van der Waals surface area contributed by atoms with Crippen molar-refractivity contribution in [2.45, 2.75) is 12.4 Å². The zero-order valence-corrected chi connectivity index (χ0v) is 3.13. The van der Waals surface area contributed by atoms with Crippen molar-refractivity contribution >= 4 is 0 Å². The standard InChI is InChI=1S/C4H4O2/c1-2-5-4-3(1)6-4/h1-4H/t3-,4-/m1/s1. The predicted octanol–water partition coefficient (Wildman–Crippen LogP) is 0.255. The first-order chi connectivity index (χ1) is 2.97. The summed E-state index contributed by atoms with van der Waals surface area (Å²) >= 11 is 0. The molecule has 0 bridgehead atoms. The summed E-state index contributed by atoms with van der Waals surface area (Å²) in [6, 6.07) is 0. The molecule has 6 heavy (non-hydrogen) atoms. The lowest BCUT2D eigenvalue weighted by Gasteiger charge is -1.81. The molecule has 2 aliphatic heterocycles. The maximum Gasteiger partial charge on any atom is 0.230 e. The van der Waals surface area contributed by atoms with Crippen molar-refractivity contribution in [3.63, 3.8) is 0 Å². The summed E-state index contributed by atoms with van der Waals surface area (Å²) in [5.74, 6) is 0. The Morgan fingerprint density at radius 2 is 2.50 bits per heavy atom. The van der Waals surface area contributed by atoms with Crippen molar-refractivity contribution in [1.82, 2.24) is 0 Å². The Morgan fingerprint density at radius 1 is 1.50 bits per heavy atom. The molecule has 0 saturated carbocycles. The molecule has 2 heteroatoms. The van der Waals surface area contributed by atoms with E-state index < -0.39 is 0 Å². The van der Waals surface area contributed by atoms with Gasteiger partial charge in [0.2, 0.25) is 6.29 Å². The van der Waals surface area contributed by atoms with E-state index in [1.54, 1.807) is 6.26 Å². The van der Waals surface area contributed by atoms with Gasteiger partial charge >= 0.3 is 0 Å². The second-order valence-corrected chi connectivity index (χ2v) is 1.43. The average molecular weight is 84.1 g/mol. The first kappa shape index (κ1) is 2.64. The van der Waals surface area contributed by atoms with Crippen LogP contribution in [0.25, 0.3) is 0 Å². The molecular formula is C4H4O2. The summed E-state index contributed by atoms with van der Waals surface area (Å²) < 4.78 is 9.67. The minimum atomic E-state index is 0.102. The summed E-state index contributed by atoms with van der Waals surface area (Å²) in [6.07, 6.45) is 4.00. The van der Waals surface area contributed by atoms with E-state index in [1.165, 1.54) is 0 Å². The molecular weight excluding hydrogens is 80.0 g/mol. The van der Waals surface area contributed by atoms with Gasteiger partial charge in [-0.15, -0.1) is 0 Å². The molecule has 0 aliphatic carbocycles. The van der Waals surface area contributed by atoms with Crippen LogP contribution < -0.4 is 0 Å². The van der Waals surface area contributed by atoms with Gasteiger partial charge in [-0.05, 0) is 6.08 Å². The fourth-order valence-electron chi connectivity index (χ4n) is 0.555. The third-order valence-corrected chi connectivity index (χ3v) is 0.964. The van der Waals surface area contributed by atoms with Gasteiger partial charge in [-0.1, -0.05) is 0 Å². The molecule has 1 saturated heterocycles. The van der Waals surface area contributed by atoms with E-state index in [2.05, 4.69) is 0 Å². The van der Waals surface area contributed by atoms with Gasteiger partial charge in [-0.3, -0.25) is 0 Å². The highest BCUT2D eigenvalue weighted by molar-refractivity contribution is 5.02. The average Bonchev–Trinajstić information content (AvgIpc) is 2.17. The normalized spacial score (nSPS) is 48.0. The van der Waals surface area contributed by atoms with Gasteiger partial charge in [-0.2, -0.15) is 0 Å². The molecule has 0 aromatic carbocycles. The molecule has 2 aliphatic rings. The molecule has 2 nitrogen and oxygen atoms in total. The second kappa shape index (κ2) is 0.611. The van der Waals surface area contributed by atoms with Crippen LogP contribution in [0.2, 0.25) is 0 Å². The van der Waals surface area contributed by atoms with E-state index in [0.29, 0.717) is 6.10 Å². The van der Waals surface area contributed by atoms with Gasteiger partial charge in [0.15, 0.2) is 0 Å². The SMILES string of the molecule is C1=C[C@H]2O[C@H]2O1. The fraction of sp³-hybridized carbons (Fsp3) is 0.500. The Labute approximate surface area is 35.4 Å². The van der Waals surface area contributed by atoms with Crippen LogP contribution in [0.5, 0.6) is 0 Å². The first-order valence-electron chi connectivity index (χ1n) is 1.94. The molecule has 0 amide bonds. The van der Waals surface area contributed by atoms with E-state index in [-0.39, 0.29) is 6.29 Å². The quantitative estimate of drug-likeness (QED) is 0.392.